The Morgan fingerprint density at radius 1 is 1.53 bits per heavy atom. The number of ketones is 1. The molecule has 0 bridgehead atoms. The minimum absolute atomic E-state index is 0.0579. The number of ether oxygens (including phenoxy) is 1. The van der Waals surface area contributed by atoms with E-state index in [1.54, 1.807) is 0 Å². The number of carbonyl (C=O) groups is 1. The Hall–Kier alpha value is -1.36. The minimum atomic E-state index is -3.05. The van der Waals surface area contributed by atoms with Gasteiger partial charge in [-0.05, 0) is 19.1 Å². The van der Waals surface area contributed by atoms with Crippen LogP contribution in [0.1, 0.15) is 17.3 Å². The number of nitrogens with two attached hydrogens (primary N) is 1. The van der Waals surface area contributed by atoms with Crippen LogP contribution in [-0.4, -0.2) is 12.4 Å². The minimum Gasteiger partial charge on any atom is -0.432 e. The zero-order valence-electron chi connectivity index (χ0n) is 7.76. The monoisotopic (exact) mass is 235 g/mol. The third-order valence-corrected chi connectivity index (χ3v) is 2.00. The van der Waals surface area contributed by atoms with Gasteiger partial charge in [0.05, 0.1) is 10.6 Å². The first-order valence-electron chi connectivity index (χ1n) is 3.97. The number of Topliss-reactive ketones (excluding diaryl/α,β-unsaturated/α-hetero) is 1. The molecule has 0 aliphatic carbocycles. The van der Waals surface area contributed by atoms with Gasteiger partial charge < -0.3 is 10.5 Å². The van der Waals surface area contributed by atoms with Crippen LogP contribution in [0.2, 0.25) is 5.02 Å². The molecular formula is C9H8ClF2NO2. The van der Waals surface area contributed by atoms with E-state index in [4.69, 9.17) is 17.3 Å². The van der Waals surface area contributed by atoms with Crippen molar-refractivity contribution in [1.29, 1.82) is 0 Å². The van der Waals surface area contributed by atoms with Crippen LogP contribution in [0.25, 0.3) is 0 Å². The van der Waals surface area contributed by atoms with E-state index in [0.717, 1.165) is 0 Å². The van der Waals surface area contributed by atoms with Gasteiger partial charge in [0.15, 0.2) is 11.5 Å². The number of rotatable bonds is 3. The van der Waals surface area contributed by atoms with Gasteiger partial charge in [-0.25, -0.2) is 0 Å². The fourth-order valence-corrected chi connectivity index (χ4v) is 1.34. The van der Waals surface area contributed by atoms with Gasteiger partial charge in [0.1, 0.15) is 0 Å². The van der Waals surface area contributed by atoms with Gasteiger partial charge in [-0.15, -0.1) is 0 Å². The lowest BCUT2D eigenvalue weighted by Gasteiger charge is -2.12. The molecule has 3 nitrogen and oxygen atoms in total. The number of anilines is 1. The summed E-state index contributed by atoms with van der Waals surface area (Å²) < 4.78 is 28.2. The lowest BCUT2D eigenvalue weighted by molar-refractivity contribution is -0.0500. The lowest BCUT2D eigenvalue weighted by atomic mass is 10.1. The fourth-order valence-electron chi connectivity index (χ4n) is 1.14. The van der Waals surface area contributed by atoms with E-state index in [9.17, 15) is 13.6 Å². The molecule has 2 N–H and O–H groups in total. The lowest BCUT2D eigenvalue weighted by Crippen LogP contribution is -2.09. The third kappa shape index (κ3) is 2.56. The molecular weight excluding hydrogens is 228 g/mol. The summed E-state index contributed by atoms with van der Waals surface area (Å²) in [5.41, 5.74) is 5.40. The highest BCUT2D eigenvalue weighted by Crippen LogP contribution is 2.34. The number of carbonyl (C=O) groups excluding carboxylic acids is 1. The normalized spacial score (nSPS) is 10.5. The summed E-state index contributed by atoms with van der Waals surface area (Å²) in [7, 11) is 0. The molecule has 1 rings (SSSR count). The average Bonchev–Trinajstić information content (AvgIpc) is 2.10. The maximum absolute atomic E-state index is 12.0. The zero-order valence-corrected chi connectivity index (χ0v) is 8.52. The Labute approximate surface area is 89.8 Å². The number of halogens is 3. The van der Waals surface area contributed by atoms with Gasteiger partial charge >= 0.3 is 6.61 Å². The molecule has 0 aliphatic heterocycles. The van der Waals surface area contributed by atoms with Gasteiger partial charge in [-0.2, -0.15) is 8.78 Å². The molecule has 0 saturated carbocycles. The highest BCUT2D eigenvalue weighted by Gasteiger charge is 2.19. The summed E-state index contributed by atoms with van der Waals surface area (Å²) in [5.74, 6) is -0.857. The molecule has 1 aromatic carbocycles. The van der Waals surface area contributed by atoms with E-state index in [-0.39, 0.29) is 22.0 Å². The summed E-state index contributed by atoms with van der Waals surface area (Å²) in [6.07, 6.45) is 0. The fraction of sp³-hybridized carbons (Fsp3) is 0.222. The molecule has 0 aromatic heterocycles. The largest absolute Gasteiger partial charge is 0.432 e. The van der Waals surface area contributed by atoms with Crippen LogP contribution in [0.15, 0.2) is 12.1 Å². The topological polar surface area (TPSA) is 52.3 Å². The first kappa shape index (κ1) is 11.7. The molecule has 0 aliphatic rings. The summed E-state index contributed by atoms with van der Waals surface area (Å²) in [6, 6.07) is 2.65. The predicted molar refractivity (Wildman–Crippen MR) is 52.5 cm³/mol. The number of hydrogen-bond donors (Lipinski definition) is 1. The maximum atomic E-state index is 12.0. The van der Waals surface area contributed by atoms with E-state index in [2.05, 4.69) is 4.74 Å². The average molecular weight is 236 g/mol. The quantitative estimate of drug-likeness (QED) is 0.647. The molecule has 1 aromatic rings. The Bertz CT molecular complexity index is 396. The van der Waals surface area contributed by atoms with Crippen molar-refractivity contribution in [3.63, 3.8) is 0 Å². The Morgan fingerprint density at radius 3 is 2.60 bits per heavy atom. The first-order chi connectivity index (χ1) is 6.93. The molecule has 6 heteroatoms. The van der Waals surface area contributed by atoms with Crippen LogP contribution < -0.4 is 10.5 Å². The van der Waals surface area contributed by atoms with Gasteiger partial charge in [0.25, 0.3) is 0 Å². The zero-order chi connectivity index (χ0) is 11.6. The molecule has 0 unspecified atom stereocenters. The second-order valence-corrected chi connectivity index (χ2v) is 3.18. The van der Waals surface area contributed by atoms with Crippen LogP contribution in [0.5, 0.6) is 5.75 Å². The van der Waals surface area contributed by atoms with E-state index < -0.39 is 12.4 Å². The SMILES string of the molecule is CC(=O)c1c(N)ccc(Cl)c1OC(F)F. The molecule has 82 valence electrons. The van der Waals surface area contributed by atoms with E-state index in [1.807, 2.05) is 0 Å². The van der Waals surface area contributed by atoms with Crippen LogP contribution in [0.3, 0.4) is 0 Å². The number of hydrogen-bond acceptors (Lipinski definition) is 3. The molecule has 15 heavy (non-hydrogen) atoms. The molecule has 0 spiro atoms. The van der Waals surface area contributed by atoms with Crippen molar-refractivity contribution in [2.75, 3.05) is 5.73 Å². The highest BCUT2D eigenvalue weighted by molar-refractivity contribution is 6.33. The Kier molecular flexibility index (Phi) is 3.47. The second kappa shape index (κ2) is 4.44. The van der Waals surface area contributed by atoms with Gasteiger partial charge in [-0.1, -0.05) is 11.6 Å². The van der Waals surface area contributed by atoms with Crippen molar-refractivity contribution in [2.24, 2.45) is 0 Å². The van der Waals surface area contributed by atoms with Crippen LogP contribution in [0, 0.1) is 0 Å². The predicted octanol–water partition coefficient (Wildman–Crippen LogP) is 2.73. The van der Waals surface area contributed by atoms with Crippen LogP contribution >= 0.6 is 11.6 Å². The van der Waals surface area contributed by atoms with Crippen molar-refractivity contribution < 1.29 is 18.3 Å². The number of alkyl halides is 2. The smallest absolute Gasteiger partial charge is 0.387 e. The van der Waals surface area contributed by atoms with Crippen molar-refractivity contribution in [3.05, 3.63) is 22.7 Å². The molecule has 0 heterocycles. The van der Waals surface area contributed by atoms with Crippen molar-refractivity contribution in [2.45, 2.75) is 13.5 Å². The van der Waals surface area contributed by atoms with Crippen molar-refractivity contribution in [1.82, 2.24) is 0 Å². The van der Waals surface area contributed by atoms with Crippen molar-refractivity contribution >= 4 is 23.1 Å². The number of benzene rings is 1. The Morgan fingerprint density at radius 2 is 2.13 bits per heavy atom. The first-order valence-corrected chi connectivity index (χ1v) is 4.35. The molecule has 0 fully saturated rings. The summed E-state index contributed by atoms with van der Waals surface area (Å²) in [6.45, 7) is -1.86. The van der Waals surface area contributed by atoms with Gasteiger partial charge in [-0.3, -0.25) is 4.79 Å². The van der Waals surface area contributed by atoms with Crippen LogP contribution in [-0.2, 0) is 0 Å². The standard InChI is InChI=1S/C9H8ClF2NO2/c1-4(14)7-6(13)3-2-5(10)8(7)15-9(11)12/h2-3,9H,13H2,1H3. The van der Waals surface area contributed by atoms with Gasteiger partial charge in [0.2, 0.25) is 0 Å². The molecule has 0 atom stereocenters. The van der Waals surface area contributed by atoms with Gasteiger partial charge in [0, 0.05) is 5.69 Å². The highest BCUT2D eigenvalue weighted by atomic mass is 35.5. The number of nitrogen functional groups attached to an aromatic ring is 1. The van der Waals surface area contributed by atoms with E-state index in [0.29, 0.717) is 0 Å². The Balaban J connectivity index is 3.31. The van der Waals surface area contributed by atoms with E-state index >= 15 is 0 Å². The summed E-state index contributed by atoms with van der Waals surface area (Å²) in [5, 5.41) is -0.0744. The molecule has 0 saturated heterocycles. The molecule has 0 radical (unpaired) electrons. The molecule has 0 amide bonds. The van der Waals surface area contributed by atoms with Crippen LogP contribution in [0.4, 0.5) is 14.5 Å². The summed E-state index contributed by atoms with van der Waals surface area (Å²) in [4.78, 5) is 11.2. The summed E-state index contributed by atoms with van der Waals surface area (Å²) >= 11 is 5.62. The maximum Gasteiger partial charge on any atom is 0.387 e. The van der Waals surface area contributed by atoms with E-state index in [1.165, 1.54) is 19.1 Å². The second-order valence-electron chi connectivity index (χ2n) is 2.78. The van der Waals surface area contributed by atoms with Crippen molar-refractivity contribution in [3.8, 4) is 5.75 Å². The third-order valence-electron chi connectivity index (χ3n) is 1.70.